The normalized spacial score (nSPS) is 23.0. The second kappa shape index (κ2) is 20.8. The number of carbonyl (C=O) groups excluding carboxylic acids is 4. The van der Waals surface area contributed by atoms with Gasteiger partial charge in [-0.05, 0) is 78.4 Å². The van der Waals surface area contributed by atoms with Gasteiger partial charge in [0, 0.05) is 24.2 Å². The SMILES string of the molecule is C[C@@H](NC(=O)N1C(=O)[C@@]2(c3cc(C#CCn4nnc5ccccc54)ccc31)[C@H](c1ccccc1OCCO)N1[C@H](c3ccccc3)[C@H](c3ccccc3)OC(=O)[C@H]1[C@@H]2C(=O)N1CCCCCCC1)c1ccccc1. The van der Waals surface area contributed by atoms with E-state index in [0.717, 1.165) is 59.8 Å². The van der Waals surface area contributed by atoms with Crippen LogP contribution in [0, 0.1) is 17.8 Å². The molecule has 14 heteroatoms. The number of rotatable bonds is 10. The number of aromatic nitrogens is 3. The maximum Gasteiger partial charge on any atom is 0.329 e. The van der Waals surface area contributed by atoms with Gasteiger partial charge in [0.25, 0.3) is 0 Å². The maximum absolute atomic E-state index is 17.0. The molecule has 3 fully saturated rings. The summed E-state index contributed by atoms with van der Waals surface area (Å²) in [4.78, 5) is 69.6. The maximum atomic E-state index is 17.0. The number of nitrogens with zero attached hydrogens (tertiary/aromatic N) is 6. The van der Waals surface area contributed by atoms with E-state index in [1.807, 2.05) is 156 Å². The lowest BCUT2D eigenvalue weighted by molar-refractivity contribution is -0.179. The lowest BCUT2D eigenvalue weighted by Gasteiger charge is -2.46. The molecule has 7 atom stereocenters. The van der Waals surface area contributed by atoms with Crippen molar-refractivity contribution >= 4 is 40.5 Å². The second-order valence-corrected chi connectivity index (χ2v) is 19.5. The standard InChI is InChI=1S/C60H57N7O7/c1-40(42-22-8-5-9-23-42)61-59(72)66-48-33-32-41(21-20-36-65-49-30-16-15-29-47(49)62-63-65)39-46(48)60(58(66)71)51(56(69)64-34-18-3-2-4-19-35-64)53-57(70)74-54(44-26-12-7-13-27-44)52(43-24-10-6-11-25-43)67(53)55(60)45-28-14-17-31-50(45)73-38-37-68/h5-17,22-33,39-40,51-55,68H,2-4,18-19,34-38H2,1H3,(H,61,72)/t40-,51-,52-,53-,54+,55+,60-/m1/s1. The quantitative estimate of drug-likeness (QED) is 0.100. The van der Waals surface area contributed by atoms with Crippen LogP contribution in [0.2, 0.25) is 0 Å². The van der Waals surface area contributed by atoms with E-state index >= 15 is 19.2 Å². The van der Waals surface area contributed by atoms with Crippen LogP contribution in [0.15, 0.2) is 158 Å². The summed E-state index contributed by atoms with van der Waals surface area (Å²) in [7, 11) is 0. The summed E-state index contributed by atoms with van der Waals surface area (Å²) in [6.07, 6.45) is 3.46. The number of imide groups is 1. The Morgan fingerprint density at radius 2 is 1.46 bits per heavy atom. The monoisotopic (exact) mass is 987 g/mol. The highest BCUT2D eigenvalue weighted by Crippen LogP contribution is 2.67. The van der Waals surface area contributed by atoms with Crippen LogP contribution in [0.1, 0.15) is 96.6 Å². The van der Waals surface area contributed by atoms with Gasteiger partial charge in [-0.15, -0.1) is 5.10 Å². The zero-order chi connectivity index (χ0) is 50.8. The first-order valence-electron chi connectivity index (χ1n) is 25.6. The number of likely N-dealkylation sites (tertiary alicyclic amines) is 1. The van der Waals surface area contributed by atoms with E-state index in [0.29, 0.717) is 35.5 Å². The molecular formula is C60H57N7O7. The van der Waals surface area contributed by atoms with E-state index < -0.39 is 59.5 Å². The molecule has 1 spiro atoms. The number of fused-ring (bicyclic) bond motifs is 4. The summed E-state index contributed by atoms with van der Waals surface area (Å²) >= 11 is 0. The van der Waals surface area contributed by atoms with E-state index in [1.54, 1.807) is 22.9 Å². The Morgan fingerprint density at radius 1 is 0.797 bits per heavy atom. The van der Waals surface area contributed by atoms with Gasteiger partial charge in [0.15, 0.2) is 0 Å². The molecule has 0 unspecified atom stereocenters. The average molecular weight is 988 g/mol. The van der Waals surface area contributed by atoms with Gasteiger partial charge in [-0.2, -0.15) is 0 Å². The number of aliphatic hydroxyl groups excluding tert-OH is 1. The fourth-order valence-corrected chi connectivity index (χ4v) is 11.9. The number of ether oxygens (including phenoxy) is 2. The number of aliphatic hydroxyl groups is 1. The van der Waals surface area contributed by atoms with Crippen LogP contribution in [0.3, 0.4) is 0 Å². The van der Waals surface area contributed by atoms with Gasteiger partial charge >= 0.3 is 12.0 Å². The molecule has 0 radical (unpaired) electrons. The zero-order valence-corrected chi connectivity index (χ0v) is 41.1. The Balaban J connectivity index is 1.19. The summed E-state index contributed by atoms with van der Waals surface area (Å²) in [6.45, 7) is 2.51. The van der Waals surface area contributed by atoms with E-state index in [9.17, 15) is 5.11 Å². The van der Waals surface area contributed by atoms with Crippen LogP contribution < -0.4 is 15.0 Å². The predicted molar refractivity (Wildman–Crippen MR) is 278 cm³/mol. The van der Waals surface area contributed by atoms with Gasteiger partial charge in [0.05, 0.1) is 41.9 Å². The highest BCUT2D eigenvalue weighted by molar-refractivity contribution is 6.24. The zero-order valence-electron chi connectivity index (χ0n) is 41.1. The highest BCUT2D eigenvalue weighted by atomic mass is 16.6. The summed E-state index contributed by atoms with van der Waals surface area (Å²) < 4.78 is 14.9. The Kier molecular flexibility index (Phi) is 13.5. The molecule has 11 rings (SSSR count). The number of nitrogens with one attached hydrogen (secondary N) is 1. The van der Waals surface area contributed by atoms with Crippen LogP contribution in [0.5, 0.6) is 5.75 Å². The van der Waals surface area contributed by atoms with Crippen LogP contribution in [0.4, 0.5) is 10.5 Å². The smallest absolute Gasteiger partial charge is 0.329 e. The van der Waals surface area contributed by atoms with Crippen LogP contribution in [-0.2, 0) is 31.1 Å². The molecule has 14 nitrogen and oxygen atoms in total. The topological polar surface area (TPSA) is 159 Å². The fourth-order valence-electron chi connectivity index (χ4n) is 11.9. The van der Waals surface area contributed by atoms with Gasteiger partial charge in [-0.1, -0.05) is 158 Å². The summed E-state index contributed by atoms with van der Waals surface area (Å²) in [5.74, 6) is 3.77. The number of urea groups is 1. The first-order valence-corrected chi connectivity index (χ1v) is 25.6. The molecule has 374 valence electrons. The van der Waals surface area contributed by atoms with Gasteiger partial charge in [0.2, 0.25) is 11.8 Å². The van der Waals surface area contributed by atoms with Crippen molar-refractivity contribution in [2.24, 2.45) is 5.92 Å². The van der Waals surface area contributed by atoms with E-state index in [-0.39, 0.29) is 31.4 Å². The van der Waals surface area contributed by atoms with Crippen molar-refractivity contribution in [3.63, 3.8) is 0 Å². The van der Waals surface area contributed by atoms with Crippen molar-refractivity contribution in [3.8, 4) is 17.6 Å². The number of hydrogen-bond acceptors (Lipinski definition) is 10. The molecule has 0 aliphatic carbocycles. The number of carbonyl (C=O) groups is 4. The Hall–Kier alpha value is -8.12. The van der Waals surface area contributed by atoms with Crippen molar-refractivity contribution in [1.29, 1.82) is 0 Å². The van der Waals surface area contributed by atoms with Gasteiger partial charge < -0.3 is 24.8 Å². The van der Waals surface area contributed by atoms with Gasteiger partial charge in [-0.25, -0.2) is 14.4 Å². The summed E-state index contributed by atoms with van der Waals surface area (Å²) in [5.41, 5.74) is 3.48. The van der Waals surface area contributed by atoms with Crippen LogP contribution in [0.25, 0.3) is 11.0 Å². The Bertz CT molecular complexity index is 3260. The third kappa shape index (κ3) is 8.55. The van der Waals surface area contributed by atoms with Gasteiger partial charge in [-0.3, -0.25) is 19.3 Å². The lowest BCUT2D eigenvalue weighted by Crippen LogP contribution is -2.57. The number of esters is 1. The third-order valence-corrected chi connectivity index (χ3v) is 15.2. The van der Waals surface area contributed by atoms with Crippen molar-refractivity contribution < 1.29 is 33.8 Å². The Morgan fingerprint density at radius 3 is 2.20 bits per heavy atom. The number of hydrogen-bond donors (Lipinski definition) is 2. The van der Waals surface area contributed by atoms with Gasteiger partial charge in [0.1, 0.15) is 42.0 Å². The molecule has 4 aliphatic rings. The molecule has 4 aliphatic heterocycles. The number of benzene rings is 6. The number of cyclic esters (lactones) is 1. The number of morpholine rings is 1. The molecular weight excluding hydrogens is 931 g/mol. The second-order valence-electron chi connectivity index (χ2n) is 19.5. The largest absolute Gasteiger partial charge is 0.491 e. The molecule has 1 aromatic heterocycles. The molecule has 74 heavy (non-hydrogen) atoms. The van der Waals surface area contributed by atoms with E-state index in [1.165, 1.54) is 4.90 Å². The lowest BCUT2D eigenvalue weighted by atomic mass is 9.64. The first-order chi connectivity index (χ1) is 36.3. The van der Waals surface area contributed by atoms with E-state index in [4.69, 9.17) is 9.47 Å². The molecule has 3 saturated heterocycles. The van der Waals surface area contributed by atoms with Crippen LogP contribution >= 0.6 is 0 Å². The predicted octanol–water partition coefficient (Wildman–Crippen LogP) is 8.78. The highest BCUT2D eigenvalue weighted by Gasteiger charge is 2.76. The molecule has 6 aromatic carbocycles. The molecule has 0 saturated carbocycles. The van der Waals surface area contributed by atoms with Crippen molar-refractivity contribution in [2.75, 3.05) is 31.2 Å². The minimum absolute atomic E-state index is 0.0790. The third-order valence-electron chi connectivity index (χ3n) is 15.2. The van der Waals surface area contributed by atoms with Crippen molar-refractivity contribution in [1.82, 2.24) is 30.1 Å². The molecule has 7 aromatic rings. The number of amides is 4. The average Bonchev–Trinajstić information content (AvgIpc) is 4.12. The molecule has 0 bridgehead atoms. The van der Waals surface area contributed by atoms with Crippen molar-refractivity contribution in [3.05, 3.63) is 191 Å². The molecule has 4 amide bonds. The van der Waals surface area contributed by atoms with E-state index in [2.05, 4.69) is 27.5 Å². The minimum atomic E-state index is -2.01. The first kappa shape index (κ1) is 48.2. The molecule has 5 heterocycles. The number of anilines is 1. The fraction of sp³-hybridized carbons (Fsp3) is 0.300. The summed E-state index contributed by atoms with van der Waals surface area (Å²) in [5, 5.41) is 22.0. The summed E-state index contributed by atoms with van der Waals surface area (Å²) in [6, 6.07) is 44.4. The number of para-hydroxylation sites is 2. The minimum Gasteiger partial charge on any atom is -0.491 e. The molecule has 2 N–H and O–H groups in total. The van der Waals surface area contributed by atoms with Crippen LogP contribution in [-0.4, -0.2) is 86.1 Å². The Labute approximate surface area is 429 Å². The van der Waals surface area contributed by atoms with Crippen molar-refractivity contribution in [2.45, 2.75) is 81.3 Å².